The van der Waals surface area contributed by atoms with Crippen molar-refractivity contribution in [1.82, 2.24) is 0 Å². The van der Waals surface area contributed by atoms with Crippen molar-refractivity contribution in [3.8, 4) is 0 Å². The fourth-order valence-electron chi connectivity index (χ4n) is 1.82. The molecule has 3 nitrogen and oxygen atoms in total. The number of nitrogens with two attached hydrogens (primary N) is 1. The molecule has 0 radical (unpaired) electrons. The first-order valence-electron chi connectivity index (χ1n) is 5.79. The molecule has 0 heterocycles. The van der Waals surface area contributed by atoms with Crippen molar-refractivity contribution >= 4 is 33.0 Å². The second-order valence-electron chi connectivity index (χ2n) is 4.49. The van der Waals surface area contributed by atoms with Gasteiger partial charge in [0.05, 0.1) is 21.0 Å². The molecule has 2 aromatic carbocycles. The zero-order valence-corrected chi connectivity index (χ0v) is 13.0. The summed E-state index contributed by atoms with van der Waals surface area (Å²) in [6.45, 7) is 0. The molecule has 0 aromatic heterocycles. The molecule has 0 aliphatic heterocycles. The van der Waals surface area contributed by atoms with Crippen LogP contribution in [0.2, 0.25) is 10.0 Å². The van der Waals surface area contributed by atoms with Gasteiger partial charge in [0.1, 0.15) is 0 Å². The summed E-state index contributed by atoms with van der Waals surface area (Å²) >= 11 is 11.8. The Morgan fingerprint density at radius 3 is 2.00 bits per heavy atom. The highest BCUT2D eigenvalue weighted by molar-refractivity contribution is 7.90. The van der Waals surface area contributed by atoms with Gasteiger partial charge in [0, 0.05) is 6.26 Å². The molecule has 1 unspecified atom stereocenters. The molecule has 2 N–H and O–H groups in total. The van der Waals surface area contributed by atoms with E-state index in [4.69, 9.17) is 28.9 Å². The molecule has 0 saturated carbocycles. The lowest BCUT2D eigenvalue weighted by atomic mass is 10.00. The zero-order valence-electron chi connectivity index (χ0n) is 10.7. The van der Waals surface area contributed by atoms with Crippen molar-refractivity contribution in [2.45, 2.75) is 10.9 Å². The Morgan fingerprint density at radius 1 is 0.950 bits per heavy atom. The van der Waals surface area contributed by atoms with Gasteiger partial charge in [-0.15, -0.1) is 0 Å². The predicted molar refractivity (Wildman–Crippen MR) is 82.0 cm³/mol. The first kappa shape index (κ1) is 15.3. The molecule has 0 spiro atoms. The number of benzene rings is 2. The molecule has 0 fully saturated rings. The number of halogens is 2. The van der Waals surface area contributed by atoms with Crippen LogP contribution < -0.4 is 5.73 Å². The van der Waals surface area contributed by atoms with E-state index in [2.05, 4.69) is 0 Å². The van der Waals surface area contributed by atoms with Crippen LogP contribution in [0.4, 0.5) is 0 Å². The van der Waals surface area contributed by atoms with Crippen LogP contribution in [0.5, 0.6) is 0 Å². The second-order valence-corrected chi connectivity index (χ2v) is 7.32. The third kappa shape index (κ3) is 3.33. The Bertz CT molecular complexity index is 727. The molecule has 2 aromatic rings. The van der Waals surface area contributed by atoms with E-state index in [0.29, 0.717) is 10.0 Å². The minimum Gasteiger partial charge on any atom is -0.320 e. The van der Waals surface area contributed by atoms with Crippen molar-refractivity contribution in [2.75, 3.05) is 6.26 Å². The fraction of sp³-hybridized carbons (Fsp3) is 0.143. The molecular weight excluding hydrogens is 317 g/mol. The van der Waals surface area contributed by atoms with E-state index in [-0.39, 0.29) is 4.90 Å². The topological polar surface area (TPSA) is 60.2 Å². The molecule has 20 heavy (non-hydrogen) atoms. The van der Waals surface area contributed by atoms with Gasteiger partial charge in [0.2, 0.25) is 0 Å². The lowest BCUT2D eigenvalue weighted by molar-refractivity contribution is 0.602. The van der Waals surface area contributed by atoms with E-state index in [1.807, 2.05) is 0 Å². The normalized spacial score (nSPS) is 13.2. The second kappa shape index (κ2) is 5.74. The third-order valence-corrected chi connectivity index (χ3v) is 4.84. The van der Waals surface area contributed by atoms with Crippen LogP contribution in [0, 0.1) is 0 Å². The van der Waals surface area contributed by atoms with Crippen LogP contribution in [0.3, 0.4) is 0 Å². The maximum absolute atomic E-state index is 11.4. The van der Waals surface area contributed by atoms with Crippen LogP contribution in [-0.4, -0.2) is 14.7 Å². The lowest BCUT2D eigenvalue weighted by Crippen LogP contribution is -2.12. The van der Waals surface area contributed by atoms with Gasteiger partial charge < -0.3 is 5.73 Å². The highest BCUT2D eigenvalue weighted by Gasteiger charge is 2.12. The Hall–Kier alpha value is -1.07. The molecule has 106 valence electrons. The molecule has 0 bridgehead atoms. The van der Waals surface area contributed by atoms with E-state index in [1.54, 1.807) is 42.5 Å². The molecule has 0 aliphatic carbocycles. The summed E-state index contributed by atoms with van der Waals surface area (Å²) in [5, 5.41) is 0.905. The SMILES string of the molecule is CS(=O)(=O)c1ccc(C(N)c2ccc(Cl)c(Cl)c2)cc1. The van der Waals surface area contributed by atoms with Gasteiger partial charge in [-0.25, -0.2) is 8.42 Å². The monoisotopic (exact) mass is 329 g/mol. The van der Waals surface area contributed by atoms with E-state index in [9.17, 15) is 8.42 Å². The van der Waals surface area contributed by atoms with Crippen molar-refractivity contribution in [1.29, 1.82) is 0 Å². The van der Waals surface area contributed by atoms with Crippen molar-refractivity contribution in [2.24, 2.45) is 5.73 Å². The maximum Gasteiger partial charge on any atom is 0.175 e. The highest BCUT2D eigenvalue weighted by Crippen LogP contribution is 2.28. The molecule has 0 aliphatic rings. The van der Waals surface area contributed by atoms with E-state index in [0.717, 1.165) is 11.1 Å². The zero-order chi connectivity index (χ0) is 14.9. The van der Waals surface area contributed by atoms with Gasteiger partial charge in [0.15, 0.2) is 9.84 Å². The Labute approximate surface area is 128 Å². The molecule has 1 atom stereocenters. The summed E-state index contributed by atoms with van der Waals surface area (Å²) in [5.74, 6) is 0. The molecule has 0 saturated heterocycles. The fourth-order valence-corrected chi connectivity index (χ4v) is 2.76. The van der Waals surface area contributed by atoms with Crippen LogP contribution in [-0.2, 0) is 9.84 Å². The van der Waals surface area contributed by atoms with Gasteiger partial charge in [0.25, 0.3) is 0 Å². The van der Waals surface area contributed by atoms with Gasteiger partial charge in [-0.2, -0.15) is 0 Å². The summed E-state index contributed by atoms with van der Waals surface area (Å²) < 4.78 is 22.8. The Kier molecular flexibility index (Phi) is 4.39. The number of hydrogen-bond donors (Lipinski definition) is 1. The maximum atomic E-state index is 11.4. The molecular formula is C14H13Cl2NO2S. The summed E-state index contributed by atoms with van der Waals surface area (Å²) in [6.07, 6.45) is 1.17. The average molecular weight is 330 g/mol. The average Bonchev–Trinajstić information content (AvgIpc) is 2.40. The molecule has 6 heteroatoms. The minimum absolute atomic E-state index is 0.266. The quantitative estimate of drug-likeness (QED) is 0.938. The van der Waals surface area contributed by atoms with Crippen LogP contribution >= 0.6 is 23.2 Å². The first-order valence-corrected chi connectivity index (χ1v) is 8.44. The van der Waals surface area contributed by atoms with E-state index < -0.39 is 15.9 Å². The number of sulfone groups is 1. The minimum atomic E-state index is -3.20. The van der Waals surface area contributed by atoms with Crippen molar-refractivity contribution < 1.29 is 8.42 Å². The van der Waals surface area contributed by atoms with Crippen LogP contribution in [0.1, 0.15) is 17.2 Å². The van der Waals surface area contributed by atoms with Gasteiger partial charge in [-0.05, 0) is 35.4 Å². The number of hydrogen-bond acceptors (Lipinski definition) is 3. The van der Waals surface area contributed by atoms with E-state index >= 15 is 0 Å². The smallest absolute Gasteiger partial charge is 0.175 e. The number of rotatable bonds is 3. The summed E-state index contributed by atoms with van der Waals surface area (Å²) in [4.78, 5) is 0.266. The Balaban J connectivity index is 2.33. The van der Waals surface area contributed by atoms with Gasteiger partial charge >= 0.3 is 0 Å². The van der Waals surface area contributed by atoms with Gasteiger partial charge in [-0.1, -0.05) is 41.4 Å². The standard InChI is InChI=1S/C14H13Cl2NO2S/c1-20(18,19)11-5-2-9(3-6-11)14(17)10-4-7-12(15)13(16)8-10/h2-8,14H,17H2,1H3. The lowest BCUT2D eigenvalue weighted by Gasteiger charge is -2.13. The van der Waals surface area contributed by atoms with Crippen LogP contribution in [0.25, 0.3) is 0 Å². The first-order chi connectivity index (χ1) is 9.29. The van der Waals surface area contributed by atoms with Crippen molar-refractivity contribution in [3.05, 3.63) is 63.6 Å². The van der Waals surface area contributed by atoms with Gasteiger partial charge in [-0.3, -0.25) is 0 Å². The summed E-state index contributed by atoms with van der Waals surface area (Å²) in [5.41, 5.74) is 7.76. The molecule has 0 amide bonds. The predicted octanol–water partition coefficient (Wildman–Crippen LogP) is 3.45. The van der Waals surface area contributed by atoms with Crippen molar-refractivity contribution in [3.63, 3.8) is 0 Å². The largest absolute Gasteiger partial charge is 0.320 e. The van der Waals surface area contributed by atoms with E-state index in [1.165, 1.54) is 6.26 Å². The third-order valence-electron chi connectivity index (χ3n) is 2.97. The summed E-state index contributed by atoms with van der Waals surface area (Å²) in [6, 6.07) is 11.3. The highest BCUT2D eigenvalue weighted by atomic mass is 35.5. The Morgan fingerprint density at radius 2 is 1.50 bits per heavy atom. The molecule has 2 rings (SSSR count). The summed E-state index contributed by atoms with van der Waals surface area (Å²) in [7, 11) is -3.20. The van der Waals surface area contributed by atoms with Crippen LogP contribution in [0.15, 0.2) is 47.4 Å².